The minimum atomic E-state index is 0.113. The van der Waals surface area contributed by atoms with Gasteiger partial charge in [-0.05, 0) is 32.4 Å². The molecule has 1 atom stereocenters. The smallest absolute Gasteiger partial charge is 0.217 e. The van der Waals surface area contributed by atoms with Gasteiger partial charge in [-0.1, -0.05) is 19.8 Å². The van der Waals surface area contributed by atoms with Gasteiger partial charge >= 0.3 is 0 Å². The molecule has 12 heavy (non-hydrogen) atoms. The van der Waals surface area contributed by atoms with Crippen molar-refractivity contribution >= 4 is 6.29 Å². The average Bonchev–Trinajstić information content (AvgIpc) is 2.52. The molecule has 0 aromatic heterocycles. The van der Waals surface area contributed by atoms with Crippen molar-refractivity contribution in [1.82, 2.24) is 4.90 Å². The Morgan fingerprint density at radius 3 is 3.00 bits per heavy atom. The fourth-order valence-corrected chi connectivity index (χ4v) is 1.79. The molecule has 0 bridgehead atoms. The number of carbonyl (C=O) groups excluding carboxylic acids is 1. The van der Waals surface area contributed by atoms with Gasteiger partial charge < -0.3 is 0 Å². The lowest BCUT2D eigenvalue weighted by Crippen LogP contribution is -2.31. The van der Waals surface area contributed by atoms with Crippen LogP contribution in [0.1, 0.15) is 39.0 Å². The molecule has 0 spiro atoms. The monoisotopic (exact) mass is 168 g/mol. The second-order valence-electron chi connectivity index (χ2n) is 3.52. The zero-order chi connectivity index (χ0) is 8.81. The Bertz CT molecular complexity index is 136. The summed E-state index contributed by atoms with van der Waals surface area (Å²) in [4.78, 5) is 12.8. The Balaban J connectivity index is 2.17. The van der Waals surface area contributed by atoms with E-state index < -0.39 is 0 Å². The van der Waals surface area contributed by atoms with Gasteiger partial charge in [0.05, 0.1) is 6.04 Å². The van der Waals surface area contributed by atoms with Gasteiger partial charge in [0.25, 0.3) is 0 Å². The van der Waals surface area contributed by atoms with Crippen molar-refractivity contribution < 1.29 is 4.79 Å². The lowest BCUT2D eigenvalue weighted by Gasteiger charge is -2.18. The molecule has 1 rings (SSSR count). The molecule has 1 radical (unpaired) electrons. The highest BCUT2D eigenvalue weighted by Gasteiger charge is 2.23. The number of likely N-dealkylation sites (tertiary alicyclic amines) is 1. The van der Waals surface area contributed by atoms with Crippen LogP contribution in [0.4, 0.5) is 0 Å². The highest BCUT2D eigenvalue weighted by atomic mass is 16.1. The van der Waals surface area contributed by atoms with E-state index in [4.69, 9.17) is 0 Å². The zero-order valence-corrected chi connectivity index (χ0v) is 7.88. The zero-order valence-electron chi connectivity index (χ0n) is 7.88. The molecular weight excluding hydrogens is 150 g/mol. The Kier molecular flexibility index (Phi) is 4.30. The molecule has 0 amide bonds. The minimum absolute atomic E-state index is 0.113. The molecule has 0 N–H and O–H groups in total. The highest BCUT2D eigenvalue weighted by Crippen LogP contribution is 2.15. The summed E-state index contributed by atoms with van der Waals surface area (Å²) in [6, 6.07) is 0.113. The second-order valence-corrected chi connectivity index (χ2v) is 3.52. The summed E-state index contributed by atoms with van der Waals surface area (Å²) < 4.78 is 0. The van der Waals surface area contributed by atoms with Gasteiger partial charge in [0.15, 0.2) is 0 Å². The van der Waals surface area contributed by atoms with Crippen LogP contribution in [0.5, 0.6) is 0 Å². The maximum Gasteiger partial charge on any atom is 0.217 e. The van der Waals surface area contributed by atoms with Gasteiger partial charge in [-0.2, -0.15) is 0 Å². The molecule has 0 aliphatic carbocycles. The molecule has 1 heterocycles. The van der Waals surface area contributed by atoms with E-state index in [-0.39, 0.29) is 6.04 Å². The molecule has 0 saturated carbocycles. The van der Waals surface area contributed by atoms with E-state index in [1.807, 2.05) is 0 Å². The minimum Gasteiger partial charge on any atom is -0.293 e. The van der Waals surface area contributed by atoms with Crippen molar-refractivity contribution in [2.75, 3.05) is 13.1 Å². The Morgan fingerprint density at radius 2 is 2.33 bits per heavy atom. The summed E-state index contributed by atoms with van der Waals surface area (Å²) >= 11 is 0. The number of hydrogen-bond acceptors (Lipinski definition) is 2. The Morgan fingerprint density at radius 1 is 1.50 bits per heavy atom. The van der Waals surface area contributed by atoms with Crippen LogP contribution in [0.15, 0.2) is 0 Å². The first-order chi connectivity index (χ1) is 5.88. The van der Waals surface area contributed by atoms with Crippen LogP contribution in [-0.4, -0.2) is 30.3 Å². The van der Waals surface area contributed by atoms with Crippen LogP contribution < -0.4 is 0 Å². The lowest BCUT2D eigenvalue weighted by atomic mass is 10.2. The third-order valence-electron chi connectivity index (χ3n) is 2.55. The van der Waals surface area contributed by atoms with Crippen molar-refractivity contribution in [2.24, 2.45) is 0 Å². The van der Waals surface area contributed by atoms with Gasteiger partial charge in [-0.15, -0.1) is 0 Å². The van der Waals surface area contributed by atoms with E-state index in [9.17, 15) is 4.79 Å². The number of nitrogens with zero attached hydrogens (tertiary/aromatic N) is 1. The van der Waals surface area contributed by atoms with Crippen molar-refractivity contribution in [2.45, 2.75) is 45.1 Å². The second kappa shape index (κ2) is 5.31. The first kappa shape index (κ1) is 9.72. The first-order valence-corrected chi connectivity index (χ1v) is 5.00. The number of hydrogen-bond donors (Lipinski definition) is 0. The summed E-state index contributed by atoms with van der Waals surface area (Å²) in [5.41, 5.74) is 0. The molecule has 1 aliphatic rings. The third kappa shape index (κ3) is 2.59. The average molecular weight is 168 g/mol. The number of rotatable bonds is 5. The molecule has 0 aromatic rings. The predicted octanol–water partition coefficient (Wildman–Crippen LogP) is 1.75. The van der Waals surface area contributed by atoms with E-state index in [1.165, 1.54) is 25.7 Å². The molecule has 1 fully saturated rings. The van der Waals surface area contributed by atoms with Crippen LogP contribution in [-0.2, 0) is 4.79 Å². The molecular formula is C10H18NO. The fraction of sp³-hybridized carbons (Fsp3) is 0.900. The van der Waals surface area contributed by atoms with E-state index in [0.717, 1.165) is 19.5 Å². The molecule has 1 aliphatic heterocycles. The molecule has 0 aromatic carbocycles. The summed E-state index contributed by atoms with van der Waals surface area (Å²) in [7, 11) is 0. The Hall–Kier alpha value is -0.370. The van der Waals surface area contributed by atoms with Crippen molar-refractivity contribution in [1.29, 1.82) is 0 Å². The van der Waals surface area contributed by atoms with Gasteiger partial charge in [0.2, 0.25) is 6.29 Å². The topological polar surface area (TPSA) is 20.3 Å². The summed E-state index contributed by atoms with van der Waals surface area (Å²) in [6.07, 6.45) is 8.08. The van der Waals surface area contributed by atoms with Crippen molar-refractivity contribution in [3.8, 4) is 0 Å². The van der Waals surface area contributed by atoms with Gasteiger partial charge in [0.1, 0.15) is 0 Å². The van der Waals surface area contributed by atoms with Crippen LogP contribution >= 0.6 is 0 Å². The van der Waals surface area contributed by atoms with Gasteiger partial charge in [-0.25, -0.2) is 0 Å². The fourth-order valence-electron chi connectivity index (χ4n) is 1.79. The van der Waals surface area contributed by atoms with E-state index in [0.29, 0.717) is 0 Å². The van der Waals surface area contributed by atoms with Crippen molar-refractivity contribution in [3.05, 3.63) is 0 Å². The summed E-state index contributed by atoms with van der Waals surface area (Å²) in [5, 5.41) is 0. The Labute approximate surface area is 74.9 Å². The van der Waals surface area contributed by atoms with E-state index >= 15 is 0 Å². The summed E-state index contributed by atoms with van der Waals surface area (Å²) in [6.45, 7) is 4.39. The molecule has 2 nitrogen and oxygen atoms in total. The van der Waals surface area contributed by atoms with Crippen LogP contribution in [0, 0.1) is 0 Å². The third-order valence-corrected chi connectivity index (χ3v) is 2.55. The number of unbranched alkanes of at least 4 members (excludes halogenated alkanes) is 2. The predicted molar refractivity (Wildman–Crippen MR) is 49.8 cm³/mol. The highest BCUT2D eigenvalue weighted by molar-refractivity contribution is 5.58. The van der Waals surface area contributed by atoms with Crippen LogP contribution in [0.2, 0.25) is 0 Å². The van der Waals surface area contributed by atoms with Gasteiger partial charge in [-0.3, -0.25) is 9.69 Å². The normalized spacial score (nSPS) is 24.6. The summed E-state index contributed by atoms with van der Waals surface area (Å²) in [5.74, 6) is 0. The van der Waals surface area contributed by atoms with Crippen LogP contribution in [0.25, 0.3) is 0 Å². The standard InChI is InChI=1S/C10H18NO/c1-2-3-4-7-11-8-5-6-10(11)9-12/h10H,2-8H2,1H3. The van der Waals surface area contributed by atoms with Gasteiger partial charge in [0, 0.05) is 0 Å². The molecule has 69 valence electrons. The van der Waals surface area contributed by atoms with Crippen LogP contribution in [0.3, 0.4) is 0 Å². The molecule has 1 unspecified atom stereocenters. The maximum atomic E-state index is 10.5. The largest absolute Gasteiger partial charge is 0.293 e. The van der Waals surface area contributed by atoms with Crippen molar-refractivity contribution in [3.63, 3.8) is 0 Å². The molecule has 1 saturated heterocycles. The lowest BCUT2D eigenvalue weighted by molar-refractivity contribution is 0.289. The van der Waals surface area contributed by atoms with E-state index in [2.05, 4.69) is 18.1 Å². The van der Waals surface area contributed by atoms with E-state index in [1.54, 1.807) is 0 Å². The SMILES string of the molecule is CCCCCN1CCCC1[C]=O. The molecule has 2 heteroatoms. The first-order valence-electron chi connectivity index (χ1n) is 5.00. The maximum absolute atomic E-state index is 10.5. The quantitative estimate of drug-likeness (QED) is 0.583.